The highest BCUT2D eigenvalue weighted by molar-refractivity contribution is 6.34. The van der Waals surface area contributed by atoms with E-state index in [1.807, 2.05) is 50.2 Å². The normalized spacial score (nSPS) is 16.4. The first-order valence-corrected chi connectivity index (χ1v) is 34.1. The molecule has 0 radical (unpaired) electrons. The van der Waals surface area contributed by atoms with Gasteiger partial charge in [0, 0.05) is 71.8 Å². The maximum Gasteiger partial charge on any atom is 0.355 e. The number of aromatic nitrogens is 3. The Labute approximate surface area is 586 Å². The minimum Gasteiger partial charge on any atom is -0.481 e. The maximum absolute atomic E-state index is 14.4. The van der Waals surface area contributed by atoms with Gasteiger partial charge in [0.2, 0.25) is 35.1 Å². The summed E-state index contributed by atoms with van der Waals surface area (Å²) in [5, 5.41) is 39.6. The van der Waals surface area contributed by atoms with E-state index in [4.69, 9.17) is 51.9 Å². The van der Waals surface area contributed by atoms with Gasteiger partial charge in [-0.15, -0.1) is 0 Å². The number of fused-ring (bicyclic) bond motifs is 5. The average molecular weight is 1430 g/mol. The lowest BCUT2D eigenvalue weighted by Gasteiger charge is -2.37. The molecule has 6 atom stereocenters. The van der Waals surface area contributed by atoms with Crippen LogP contribution in [0, 0.1) is 12.8 Å². The number of benzene rings is 2. The number of aliphatic carboxylic acids is 2. The van der Waals surface area contributed by atoms with Crippen LogP contribution in [0.2, 0.25) is 10.0 Å². The molecular formula is C69H85Cl2N11O18. The summed E-state index contributed by atoms with van der Waals surface area (Å²) in [6.07, 6.45) is 2.16. The van der Waals surface area contributed by atoms with E-state index < -0.39 is 120 Å². The number of carbonyl (C=O) groups excluding carboxylic acids is 8. The molecule has 100 heavy (non-hydrogen) atoms. The molecule has 1 saturated heterocycles. The number of para-hydroxylation sites is 1. The highest BCUT2D eigenvalue weighted by Gasteiger charge is 2.52. The van der Waals surface area contributed by atoms with E-state index in [0.717, 1.165) is 32.5 Å². The number of pyridine rings is 3. The lowest BCUT2D eigenvalue weighted by atomic mass is 9.85. The van der Waals surface area contributed by atoms with Crippen LogP contribution in [0.25, 0.3) is 22.3 Å². The molecule has 0 spiro atoms. The fourth-order valence-electron chi connectivity index (χ4n) is 12.2. The van der Waals surface area contributed by atoms with Gasteiger partial charge in [0.05, 0.1) is 87.5 Å². The average Bonchev–Trinajstić information content (AvgIpc) is 1.48. The van der Waals surface area contributed by atoms with E-state index >= 15 is 0 Å². The van der Waals surface area contributed by atoms with E-state index in [2.05, 4.69) is 42.2 Å². The Morgan fingerprint density at radius 2 is 1.46 bits per heavy atom. The van der Waals surface area contributed by atoms with Gasteiger partial charge >= 0.3 is 29.9 Å². The highest BCUT2D eigenvalue weighted by Crippen LogP contribution is 2.43. The lowest BCUT2D eigenvalue weighted by molar-refractivity contribution is -0.191. The number of carboxylic acid groups (broad SMARTS) is 2. The quantitative estimate of drug-likeness (QED) is 0.0180. The van der Waals surface area contributed by atoms with Gasteiger partial charge in [0.25, 0.3) is 5.56 Å². The summed E-state index contributed by atoms with van der Waals surface area (Å²) in [5.74, 6) is -8.04. The van der Waals surface area contributed by atoms with E-state index in [1.54, 1.807) is 37.6 Å². The molecule has 0 bridgehead atoms. The molecule has 9 N–H and O–H groups in total. The van der Waals surface area contributed by atoms with Crippen LogP contribution in [0.15, 0.2) is 71.7 Å². The Hall–Kier alpha value is -9.29. The number of amides is 7. The first-order valence-electron chi connectivity index (χ1n) is 33.3. The van der Waals surface area contributed by atoms with Crippen LogP contribution >= 0.6 is 23.2 Å². The summed E-state index contributed by atoms with van der Waals surface area (Å²) in [6, 6.07) is 10.2. The van der Waals surface area contributed by atoms with Gasteiger partial charge in [0.1, 0.15) is 36.6 Å². The number of carbonyl (C=O) groups is 10. The molecule has 0 saturated carbocycles. The van der Waals surface area contributed by atoms with Gasteiger partial charge in [-0.25, -0.2) is 24.4 Å². The number of esters is 2. The van der Waals surface area contributed by atoms with Gasteiger partial charge < -0.3 is 80.6 Å². The fourth-order valence-corrected chi connectivity index (χ4v) is 12.8. The second kappa shape index (κ2) is 36.2. The van der Waals surface area contributed by atoms with Crippen molar-refractivity contribution >= 4 is 99.4 Å². The first-order chi connectivity index (χ1) is 47.9. The van der Waals surface area contributed by atoms with E-state index in [1.165, 1.54) is 18.2 Å². The molecule has 29 nitrogen and oxygen atoms in total. The zero-order valence-corrected chi connectivity index (χ0v) is 57.9. The number of anilines is 1. The molecule has 8 rings (SSSR count). The van der Waals surface area contributed by atoms with E-state index in [0.29, 0.717) is 55.0 Å². The third-order valence-electron chi connectivity index (χ3n) is 17.3. The van der Waals surface area contributed by atoms with Crippen molar-refractivity contribution in [2.75, 3.05) is 71.1 Å². The number of urea groups is 1. The summed E-state index contributed by atoms with van der Waals surface area (Å²) in [5.41, 5.74) is 2.79. The molecule has 3 aliphatic heterocycles. The Morgan fingerprint density at radius 3 is 2.15 bits per heavy atom. The third kappa shape index (κ3) is 20.0. The van der Waals surface area contributed by atoms with E-state index in [-0.39, 0.29) is 119 Å². The summed E-state index contributed by atoms with van der Waals surface area (Å²) in [4.78, 5) is 158. The van der Waals surface area contributed by atoms with Crippen LogP contribution in [0.3, 0.4) is 0 Å². The van der Waals surface area contributed by atoms with Gasteiger partial charge in [-0.2, -0.15) is 0 Å². The maximum atomic E-state index is 14.4. The number of nitrogens with zero attached hydrogens (tertiary/aromatic N) is 4. The number of halogens is 2. The van der Waals surface area contributed by atoms with Gasteiger partial charge in [-0.1, -0.05) is 69.1 Å². The Kier molecular flexibility index (Phi) is 27.7. The van der Waals surface area contributed by atoms with Gasteiger partial charge in [0.15, 0.2) is 0 Å². The van der Waals surface area contributed by atoms with Crippen LogP contribution in [-0.2, 0) is 92.0 Å². The van der Waals surface area contributed by atoms with Crippen LogP contribution in [0.5, 0.6) is 0 Å². The topological polar surface area (TPSA) is 393 Å². The minimum atomic E-state index is -2.09. The number of likely N-dealkylation sites (tertiary alicyclic amines) is 1. The number of hydrogen-bond acceptors (Lipinski definition) is 19. The number of nitrogens with one attached hydrogen (secondary N) is 7. The first kappa shape index (κ1) is 76.5. The molecule has 538 valence electrons. The monoisotopic (exact) mass is 1430 g/mol. The molecular weight excluding hydrogens is 1340 g/mol. The zero-order valence-electron chi connectivity index (χ0n) is 56.3. The Bertz CT molecular complexity index is 3890. The minimum absolute atomic E-state index is 0.0314. The second-order valence-electron chi connectivity index (χ2n) is 24.7. The molecule has 3 aliphatic rings. The van der Waals surface area contributed by atoms with Crippen molar-refractivity contribution in [1.82, 2.24) is 51.3 Å². The summed E-state index contributed by atoms with van der Waals surface area (Å²) >= 11 is 12.4. The van der Waals surface area contributed by atoms with Gasteiger partial charge in [-0.05, 0) is 111 Å². The number of cyclic esters (lactones) is 1. The Morgan fingerprint density at radius 1 is 0.770 bits per heavy atom. The van der Waals surface area contributed by atoms with Crippen LogP contribution in [0.4, 0.5) is 10.6 Å². The van der Waals surface area contributed by atoms with Crippen molar-refractivity contribution < 1.29 is 81.8 Å². The highest BCUT2D eigenvalue weighted by atomic mass is 35.5. The summed E-state index contributed by atoms with van der Waals surface area (Å²) < 4.78 is 29.9. The Balaban J connectivity index is 0.747. The number of carboxylic acids is 2. The van der Waals surface area contributed by atoms with Crippen molar-refractivity contribution in [3.8, 4) is 11.4 Å². The molecule has 5 aromatic rings. The van der Waals surface area contributed by atoms with Crippen molar-refractivity contribution in [3.63, 3.8) is 0 Å². The van der Waals surface area contributed by atoms with Crippen LogP contribution in [0.1, 0.15) is 125 Å². The molecule has 31 heteroatoms. The molecule has 3 aromatic heterocycles. The van der Waals surface area contributed by atoms with Crippen molar-refractivity contribution in [1.29, 1.82) is 0 Å². The number of hydrogen-bond donors (Lipinski definition) is 9. The van der Waals surface area contributed by atoms with E-state index in [9.17, 15) is 63.0 Å². The predicted molar refractivity (Wildman–Crippen MR) is 365 cm³/mol. The summed E-state index contributed by atoms with van der Waals surface area (Å²) in [7, 11) is 0. The van der Waals surface area contributed by atoms with Crippen molar-refractivity contribution in [3.05, 3.63) is 121 Å². The van der Waals surface area contributed by atoms with Crippen molar-refractivity contribution in [2.45, 2.75) is 148 Å². The number of rotatable bonds is 37. The molecule has 1 unspecified atom stereocenters. The predicted octanol–water partition coefficient (Wildman–Crippen LogP) is 5.13. The standard InChI is InChI=1S/C69H85Cl2N11O18/c1-6-44-45-13-8-9-14-49(45)78-61-46(44)37-82-54(61)33-48-47(64(82)91)38-99-67(94)69(48,7-2)100-66(93)60(39(3)4)80-63(90)53-15-12-22-81(53)65(92)51(35-59(87)88)76-57(84)18-23-96-25-27-98-28-26-97-24-21-74-68(95)75-36-52(77-56(83)16-10-11-19-72-55-29-40(5)17-20-73-55)62(89)79-50(34-58(85)86)41-30-42(70)32-43(71)31-41/h8-9,13-14,17,20,29-33,39,50-53,60H,6-7,10-12,15-16,18-19,21-28,34-38H2,1-5H3,(H,72,73)(H,76,84)(H,77,83)(H,79,89)(H,80,90)(H,85,86)(H,87,88)(H2,74,75,95)/t50?,51-,52-,53-,60-,69-/m0/s1. The SMILES string of the molecule is CCc1c2c(nc3ccccc13)-c1cc3c(c(=O)n1C2)COC(=O)[C@@]3(CC)OC(=O)[C@@H](NC(=O)[C@@H]1CCCN1C(=O)[C@H](CC(=O)O)NC(=O)CCOCCOCCOCCNC(=O)NC[C@H](NC(=O)CCCCNc1cc(C)ccn1)C(=O)NC(CC(=O)O)c1cc(Cl)cc(Cl)c1)C(C)C. The molecule has 0 aliphatic carbocycles. The zero-order chi connectivity index (χ0) is 72.2. The van der Waals surface area contributed by atoms with Gasteiger partial charge in [-0.3, -0.25) is 38.4 Å². The lowest BCUT2D eigenvalue weighted by Crippen LogP contribution is -2.57. The fraction of sp³-hybridized carbons (Fsp3) is 0.493. The van der Waals surface area contributed by atoms with Crippen LogP contribution in [-0.4, -0.2) is 179 Å². The molecule has 6 heterocycles. The molecule has 7 amide bonds. The number of aryl methyl sites for hydroxylation is 2. The molecule has 2 aromatic carbocycles. The van der Waals surface area contributed by atoms with Crippen LogP contribution < -0.4 is 42.8 Å². The third-order valence-corrected chi connectivity index (χ3v) is 17.7. The number of unbranched alkanes of at least 4 members (excludes halogenated alkanes) is 1. The molecule has 1 fully saturated rings. The largest absolute Gasteiger partial charge is 0.481 e. The summed E-state index contributed by atoms with van der Waals surface area (Å²) in [6.45, 7) is 9.28. The number of ether oxygens (including phenoxy) is 5. The second-order valence-corrected chi connectivity index (χ2v) is 25.6. The smallest absolute Gasteiger partial charge is 0.355 e. The van der Waals surface area contributed by atoms with Crippen molar-refractivity contribution in [2.24, 2.45) is 5.92 Å².